The lowest BCUT2D eigenvalue weighted by molar-refractivity contribution is 0.0656. The molecule has 0 saturated heterocycles. The van der Waals surface area contributed by atoms with Gasteiger partial charge in [-0.3, -0.25) is 0 Å². The normalized spacial score (nSPS) is 15.5. The molecule has 0 aromatic heterocycles. The second-order valence-electron chi connectivity index (χ2n) is 14.3. The molecule has 2 atom stereocenters. The first-order valence-electron chi connectivity index (χ1n) is 14.7. The van der Waals surface area contributed by atoms with Crippen LogP contribution in [0.1, 0.15) is 102 Å². The van der Waals surface area contributed by atoms with Crippen LogP contribution in [0, 0.1) is 10.8 Å². The van der Waals surface area contributed by atoms with Crippen molar-refractivity contribution in [1.29, 1.82) is 0 Å². The van der Waals surface area contributed by atoms with Crippen molar-refractivity contribution in [2.75, 3.05) is 0 Å². The summed E-state index contributed by atoms with van der Waals surface area (Å²) in [6, 6.07) is 15.4. The van der Waals surface area contributed by atoms with Crippen molar-refractivity contribution < 1.29 is 14.0 Å². The van der Waals surface area contributed by atoms with Crippen LogP contribution in [0.25, 0.3) is 17.7 Å². The van der Waals surface area contributed by atoms with Crippen LogP contribution in [0.15, 0.2) is 60.7 Å². The molecule has 0 fully saturated rings. The second kappa shape index (κ2) is 14.4. The third-order valence-electron chi connectivity index (χ3n) is 6.62. The summed E-state index contributed by atoms with van der Waals surface area (Å²) in [6.45, 7) is 28.1. The Labute approximate surface area is 254 Å². The summed E-state index contributed by atoms with van der Waals surface area (Å²) in [5.41, 5.74) is 6.15. The molecule has 0 bridgehead atoms. The first-order valence-corrected chi connectivity index (χ1v) is 19.5. The van der Waals surface area contributed by atoms with Crippen molar-refractivity contribution in [3.63, 3.8) is 0 Å². The van der Waals surface area contributed by atoms with Crippen LogP contribution in [0.3, 0.4) is 0 Å². The molecule has 3 nitrogen and oxygen atoms in total. The van der Waals surface area contributed by atoms with Crippen molar-refractivity contribution in [3.05, 3.63) is 88.5 Å². The highest BCUT2D eigenvalue weighted by molar-refractivity contribution is 6.48. The maximum atomic E-state index is 9.95. The number of allylic oxidation sites excluding steroid dienone is 3. The van der Waals surface area contributed by atoms with Gasteiger partial charge in [0.05, 0.1) is 17.8 Å². The second-order valence-corrected chi connectivity index (χ2v) is 18.4. The summed E-state index contributed by atoms with van der Waals surface area (Å²) >= 11 is 0. The topological polar surface area (TPSA) is 38.7 Å². The van der Waals surface area contributed by atoms with Gasteiger partial charge in [0.15, 0.2) is 0 Å². The molecule has 0 spiro atoms. The van der Waals surface area contributed by atoms with E-state index in [2.05, 4.69) is 129 Å². The summed E-state index contributed by atoms with van der Waals surface area (Å²) in [5.74, 6) is 0. The largest absolute Gasteiger partial charge is 0.410 e. The van der Waals surface area contributed by atoms with Gasteiger partial charge in [-0.1, -0.05) is 102 Å². The number of rotatable bonds is 11. The Kier molecular flexibility index (Phi) is 12.4. The highest BCUT2D eigenvalue weighted by Crippen LogP contribution is 2.45. The van der Waals surface area contributed by atoms with E-state index in [4.69, 9.17) is 8.85 Å². The smallest absolute Gasteiger partial charge is 0.205 e. The van der Waals surface area contributed by atoms with E-state index in [1.807, 2.05) is 12.2 Å². The van der Waals surface area contributed by atoms with Crippen molar-refractivity contribution in [2.45, 2.75) is 106 Å². The number of aliphatic hydroxyl groups is 1. The third-order valence-corrected chi connectivity index (χ3v) is 8.03. The quantitative estimate of drug-likeness (QED) is 0.161. The van der Waals surface area contributed by atoms with Gasteiger partial charge in [0.2, 0.25) is 18.1 Å². The number of hydrogen-bond donors (Lipinski definition) is 1. The lowest BCUT2D eigenvalue weighted by atomic mass is 9.77. The maximum absolute atomic E-state index is 9.95. The Morgan fingerprint density at radius 3 is 1.73 bits per heavy atom. The Bertz CT molecular complexity index is 1220. The van der Waals surface area contributed by atoms with Crippen LogP contribution in [0.5, 0.6) is 0 Å². The third kappa shape index (κ3) is 11.6. The molecule has 0 amide bonds. The van der Waals surface area contributed by atoms with Crippen molar-refractivity contribution in [2.24, 2.45) is 10.8 Å². The molecular weight excluding hydrogens is 537 g/mol. The molecule has 2 unspecified atom stereocenters. The predicted molar refractivity (Wildman–Crippen MR) is 182 cm³/mol. The van der Waals surface area contributed by atoms with Gasteiger partial charge in [-0.2, -0.15) is 0 Å². The van der Waals surface area contributed by atoms with Crippen LogP contribution < -0.4 is 0 Å². The first-order chi connectivity index (χ1) is 18.8. The highest BCUT2D eigenvalue weighted by Gasteiger charge is 2.36. The van der Waals surface area contributed by atoms with Crippen molar-refractivity contribution >= 4 is 35.8 Å². The fraction of sp³-hybridized carbons (Fsp3) is 0.500. The minimum absolute atomic E-state index is 0.00541. The molecule has 2 aromatic rings. The zero-order valence-electron chi connectivity index (χ0n) is 27.8. The van der Waals surface area contributed by atoms with Crippen LogP contribution in [0.2, 0.25) is 26.2 Å². The van der Waals surface area contributed by atoms with Crippen LogP contribution >= 0.6 is 0 Å². The van der Waals surface area contributed by atoms with Gasteiger partial charge in [0.25, 0.3) is 0 Å². The maximum Gasteiger partial charge on any atom is 0.205 e. The summed E-state index contributed by atoms with van der Waals surface area (Å²) in [5, 5.41) is 9.95. The minimum atomic E-state index is -0.934. The molecule has 2 aromatic carbocycles. The molecule has 0 aliphatic rings. The molecule has 0 aliphatic carbocycles. The van der Waals surface area contributed by atoms with E-state index >= 15 is 0 Å². The van der Waals surface area contributed by atoms with E-state index in [1.165, 1.54) is 11.1 Å². The van der Waals surface area contributed by atoms with Gasteiger partial charge >= 0.3 is 0 Å². The van der Waals surface area contributed by atoms with Gasteiger partial charge in [0.1, 0.15) is 0 Å². The van der Waals surface area contributed by atoms with Crippen LogP contribution in [-0.2, 0) is 8.85 Å². The van der Waals surface area contributed by atoms with Crippen LogP contribution in [-0.4, -0.2) is 28.8 Å². The summed E-state index contributed by atoms with van der Waals surface area (Å²) < 4.78 is 13.4. The molecular formula is C36H54O3Si2. The fourth-order valence-corrected chi connectivity index (χ4v) is 6.56. The zero-order chi connectivity index (χ0) is 31.2. The number of benzene rings is 2. The highest BCUT2D eigenvalue weighted by atomic mass is 28.3. The molecule has 0 heterocycles. The van der Waals surface area contributed by atoms with Crippen LogP contribution in [0.4, 0.5) is 0 Å². The van der Waals surface area contributed by atoms with E-state index in [-0.39, 0.29) is 23.0 Å². The van der Waals surface area contributed by atoms with E-state index in [9.17, 15) is 5.11 Å². The average molecular weight is 591 g/mol. The Balaban J connectivity index is 2.57. The van der Waals surface area contributed by atoms with E-state index in [0.717, 1.165) is 22.3 Å². The predicted octanol–water partition coefficient (Wildman–Crippen LogP) is 10.3. The zero-order valence-corrected chi connectivity index (χ0v) is 29.8. The molecule has 1 N–H and O–H groups in total. The SMILES string of the molecule is C/C(=C\C=C\C(C)(C)O)c1cccc(/C=C/c2ccc(C(O[Si](C)C)C(C)(C)C)c(C(O[Si](C)C)C(C)(C)C)c2)c1. The standard InChI is InChI=1S/C36H54O3Si2/c1-26(16-15-23-36(8,9)37)29-18-14-17-27(24-29)19-20-28-21-22-30(32(34(2,3)4)38-40(10)11)31(25-28)33(35(5,6)7)39-41(12)13/h14-25,32-33,37H,1-13H3/b20-19+,23-15+,26-16+. The molecule has 2 radical (unpaired) electrons. The molecule has 0 aliphatic heterocycles. The summed E-state index contributed by atoms with van der Waals surface area (Å²) in [6.07, 6.45) is 10.1. The molecule has 2 rings (SSSR count). The molecule has 224 valence electrons. The fourth-order valence-electron chi connectivity index (χ4n) is 4.65. The van der Waals surface area contributed by atoms with E-state index in [1.54, 1.807) is 19.9 Å². The molecule has 0 saturated carbocycles. The van der Waals surface area contributed by atoms with Gasteiger partial charge in [-0.05, 0) is 103 Å². The van der Waals surface area contributed by atoms with E-state index < -0.39 is 23.7 Å². The van der Waals surface area contributed by atoms with Gasteiger partial charge < -0.3 is 14.0 Å². The van der Waals surface area contributed by atoms with Gasteiger partial charge in [-0.25, -0.2) is 0 Å². The molecule has 5 heteroatoms. The minimum Gasteiger partial charge on any atom is -0.410 e. The van der Waals surface area contributed by atoms with E-state index in [0.29, 0.717) is 0 Å². The average Bonchev–Trinajstić information content (AvgIpc) is 2.82. The summed E-state index contributed by atoms with van der Waals surface area (Å²) in [4.78, 5) is 0. The van der Waals surface area contributed by atoms with Crippen molar-refractivity contribution in [1.82, 2.24) is 0 Å². The number of hydrogen-bond acceptors (Lipinski definition) is 3. The summed E-state index contributed by atoms with van der Waals surface area (Å²) in [7, 11) is -1.85. The van der Waals surface area contributed by atoms with Crippen molar-refractivity contribution in [3.8, 4) is 0 Å². The Morgan fingerprint density at radius 2 is 1.24 bits per heavy atom. The molecule has 41 heavy (non-hydrogen) atoms. The lowest BCUT2D eigenvalue weighted by Gasteiger charge is -2.39. The van der Waals surface area contributed by atoms with Gasteiger partial charge in [0, 0.05) is 0 Å². The Hall–Kier alpha value is -2.03. The lowest BCUT2D eigenvalue weighted by Crippen LogP contribution is -2.31. The Morgan fingerprint density at radius 1 is 0.732 bits per heavy atom. The first kappa shape index (κ1) is 35.2. The monoisotopic (exact) mass is 590 g/mol. The van der Waals surface area contributed by atoms with Gasteiger partial charge in [-0.15, -0.1) is 0 Å².